The number of likely N-dealkylation sites (tertiary alicyclic amines) is 1. The first-order valence-corrected chi connectivity index (χ1v) is 14.0. The summed E-state index contributed by atoms with van der Waals surface area (Å²) < 4.78 is 0. The van der Waals surface area contributed by atoms with E-state index in [2.05, 4.69) is 92.8 Å². The fourth-order valence-corrected chi connectivity index (χ4v) is 6.32. The zero-order chi connectivity index (χ0) is 27.0. The van der Waals surface area contributed by atoms with Gasteiger partial charge in [-0.25, -0.2) is 0 Å². The highest BCUT2D eigenvalue weighted by atomic mass is 15.3. The van der Waals surface area contributed by atoms with Crippen LogP contribution in [0.15, 0.2) is 82.7 Å². The van der Waals surface area contributed by atoms with E-state index in [-0.39, 0.29) is 29.6 Å². The second-order valence-electron chi connectivity index (χ2n) is 11.6. The number of hydrogen-bond acceptors (Lipinski definition) is 6. The highest BCUT2D eigenvalue weighted by molar-refractivity contribution is 5.97. The maximum Gasteiger partial charge on any atom is 0.120 e. The molecule has 6 heteroatoms. The molecule has 0 saturated carbocycles. The number of hydrogen-bond donors (Lipinski definition) is 2. The summed E-state index contributed by atoms with van der Waals surface area (Å²) in [6, 6.07) is 13.1. The van der Waals surface area contributed by atoms with Crippen LogP contribution in [0.3, 0.4) is 0 Å². The second kappa shape index (κ2) is 10.5. The highest BCUT2D eigenvalue weighted by Gasteiger charge is 2.45. The Morgan fingerprint density at radius 3 is 2.61 bits per heavy atom. The van der Waals surface area contributed by atoms with Crippen LogP contribution in [0.1, 0.15) is 53.0 Å². The number of allylic oxidation sites excluding steroid dienone is 2. The molecule has 1 aromatic heterocycles. The average Bonchev–Trinajstić information content (AvgIpc) is 3.62. The maximum absolute atomic E-state index is 6.57. The van der Waals surface area contributed by atoms with Gasteiger partial charge in [-0.05, 0) is 67.0 Å². The van der Waals surface area contributed by atoms with Crippen molar-refractivity contribution < 1.29 is 0 Å². The van der Waals surface area contributed by atoms with Crippen LogP contribution in [0.4, 0.5) is 0 Å². The number of aliphatic imine (C=N–C) groups is 2. The van der Waals surface area contributed by atoms with Gasteiger partial charge in [-0.1, -0.05) is 57.7 Å². The molecule has 6 nitrogen and oxygen atoms in total. The molecular formula is C32H42N6. The van der Waals surface area contributed by atoms with Crippen molar-refractivity contribution in [2.24, 2.45) is 27.6 Å². The van der Waals surface area contributed by atoms with Crippen LogP contribution in [-0.2, 0) is 5.54 Å². The lowest BCUT2D eigenvalue weighted by Crippen LogP contribution is -2.49. The molecule has 200 valence electrons. The van der Waals surface area contributed by atoms with Crippen LogP contribution in [0.5, 0.6) is 0 Å². The fourth-order valence-electron chi connectivity index (χ4n) is 6.32. The SMILES string of the molecule is C=C(C(C1=CC(CC)=NC1)C(C)C)N1CC(N)CC1C1=NC(C)C(C)(c2ccc(-c3cccnc3)cc2)N1. The number of nitrogens with two attached hydrogens (primary N) is 1. The molecule has 5 atom stereocenters. The van der Waals surface area contributed by atoms with E-state index in [1.54, 1.807) is 6.20 Å². The van der Waals surface area contributed by atoms with Crippen molar-refractivity contribution in [2.75, 3.05) is 13.1 Å². The van der Waals surface area contributed by atoms with E-state index in [0.29, 0.717) is 5.92 Å². The molecule has 3 aliphatic heterocycles. The van der Waals surface area contributed by atoms with Gasteiger partial charge < -0.3 is 16.0 Å². The Morgan fingerprint density at radius 1 is 1.21 bits per heavy atom. The Labute approximate surface area is 227 Å². The van der Waals surface area contributed by atoms with Gasteiger partial charge >= 0.3 is 0 Å². The van der Waals surface area contributed by atoms with Gasteiger partial charge in [-0.15, -0.1) is 0 Å². The summed E-state index contributed by atoms with van der Waals surface area (Å²) in [4.78, 5) is 16.6. The largest absolute Gasteiger partial charge is 0.363 e. The first-order chi connectivity index (χ1) is 18.2. The zero-order valence-corrected chi connectivity index (χ0v) is 23.5. The number of pyridine rings is 1. The van der Waals surface area contributed by atoms with Gasteiger partial charge in [-0.2, -0.15) is 0 Å². The Hall–Kier alpha value is -3.25. The van der Waals surface area contributed by atoms with Crippen LogP contribution in [-0.4, -0.2) is 52.6 Å². The van der Waals surface area contributed by atoms with E-state index in [1.807, 2.05) is 12.3 Å². The molecule has 0 radical (unpaired) electrons. The van der Waals surface area contributed by atoms with Crippen LogP contribution in [0, 0.1) is 11.8 Å². The molecule has 0 spiro atoms. The molecule has 4 heterocycles. The minimum Gasteiger partial charge on any atom is -0.363 e. The van der Waals surface area contributed by atoms with Crippen molar-refractivity contribution in [3.63, 3.8) is 0 Å². The predicted octanol–water partition coefficient (Wildman–Crippen LogP) is 5.33. The smallest absolute Gasteiger partial charge is 0.120 e. The average molecular weight is 511 g/mol. The van der Waals surface area contributed by atoms with Gasteiger partial charge in [0.15, 0.2) is 0 Å². The van der Waals surface area contributed by atoms with Gasteiger partial charge in [0, 0.05) is 42.3 Å². The Bertz CT molecular complexity index is 1260. The molecule has 38 heavy (non-hydrogen) atoms. The summed E-state index contributed by atoms with van der Waals surface area (Å²) in [5, 5.41) is 3.86. The number of rotatable bonds is 8. The first kappa shape index (κ1) is 26.4. The van der Waals surface area contributed by atoms with Crippen LogP contribution < -0.4 is 11.1 Å². The fraction of sp³-hybridized carbons (Fsp3) is 0.469. The lowest BCUT2D eigenvalue weighted by molar-refractivity contribution is 0.306. The van der Waals surface area contributed by atoms with E-state index >= 15 is 0 Å². The van der Waals surface area contributed by atoms with E-state index in [9.17, 15) is 0 Å². The molecule has 1 aromatic carbocycles. The Morgan fingerprint density at radius 2 is 1.97 bits per heavy atom. The van der Waals surface area contributed by atoms with Gasteiger partial charge in [0.2, 0.25) is 0 Å². The summed E-state index contributed by atoms with van der Waals surface area (Å²) in [5.74, 6) is 1.71. The van der Waals surface area contributed by atoms with Gasteiger partial charge in [0.25, 0.3) is 0 Å². The molecule has 2 aromatic rings. The number of nitrogens with zero attached hydrogens (tertiary/aromatic N) is 4. The number of aromatic nitrogens is 1. The number of nitrogens with one attached hydrogen (secondary N) is 1. The van der Waals surface area contributed by atoms with E-state index < -0.39 is 0 Å². The summed E-state index contributed by atoms with van der Waals surface area (Å²) in [6.07, 6.45) is 7.84. The van der Waals surface area contributed by atoms with Crippen molar-refractivity contribution in [2.45, 2.75) is 71.1 Å². The van der Waals surface area contributed by atoms with Crippen molar-refractivity contribution in [3.05, 3.63) is 78.3 Å². The van der Waals surface area contributed by atoms with E-state index in [4.69, 9.17) is 15.7 Å². The van der Waals surface area contributed by atoms with Gasteiger partial charge in [-0.3, -0.25) is 15.0 Å². The molecule has 3 N–H and O–H groups in total. The molecule has 0 bridgehead atoms. The van der Waals surface area contributed by atoms with Crippen LogP contribution in [0.2, 0.25) is 0 Å². The summed E-state index contributed by atoms with van der Waals surface area (Å²) in [6.45, 7) is 17.4. The molecular weight excluding hydrogens is 468 g/mol. The molecule has 0 amide bonds. The topological polar surface area (TPSA) is 78.9 Å². The summed E-state index contributed by atoms with van der Waals surface area (Å²) >= 11 is 0. The second-order valence-corrected chi connectivity index (χ2v) is 11.6. The molecule has 3 aliphatic rings. The highest BCUT2D eigenvalue weighted by Crippen LogP contribution is 2.38. The third-order valence-electron chi connectivity index (χ3n) is 8.66. The molecule has 5 rings (SSSR count). The molecule has 1 fully saturated rings. The van der Waals surface area contributed by atoms with Gasteiger partial charge in [0.1, 0.15) is 5.84 Å². The number of amidine groups is 1. The Balaban J connectivity index is 1.36. The van der Waals surface area contributed by atoms with E-state index in [1.165, 1.54) is 16.8 Å². The maximum atomic E-state index is 6.57. The third kappa shape index (κ3) is 4.82. The van der Waals surface area contributed by atoms with Crippen molar-refractivity contribution in [1.82, 2.24) is 15.2 Å². The quantitative estimate of drug-likeness (QED) is 0.503. The van der Waals surface area contributed by atoms with Crippen molar-refractivity contribution in [3.8, 4) is 11.1 Å². The molecule has 0 aliphatic carbocycles. The summed E-state index contributed by atoms with van der Waals surface area (Å²) in [5.41, 5.74) is 13.5. The van der Waals surface area contributed by atoms with Crippen LogP contribution in [0.25, 0.3) is 11.1 Å². The minimum atomic E-state index is -0.294. The Kier molecular flexibility index (Phi) is 7.28. The third-order valence-corrected chi connectivity index (χ3v) is 8.66. The summed E-state index contributed by atoms with van der Waals surface area (Å²) in [7, 11) is 0. The monoisotopic (exact) mass is 510 g/mol. The van der Waals surface area contributed by atoms with Crippen LogP contribution >= 0.6 is 0 Å². The van der Waals surface area contributed by atoms with Crippen molar-refractivity contribution >= 4 is 11.5 Å². The molecule has 1 saturated heterocycles. The standard InChI is InChI=1S/C32H42N6/c1-7-28-15-25(18-35-28)30(20(2)3)21(4)38-19-27(33)16-29(38)31-36-22(5)32(6,37-31)26-12-10-23(11-13-26)24-9-8-14-34-17-24/h8-15,17,20,22,27,29-30H,4,7,16,18-19,33H2,1-3,5-6H3,(H,36,37). The minimum absolute atomic E-state index is 0.0904. The van der Waals surface area contributed by atoms with Crippen molar-refractivity contribution in [1.29, 1.82) is 0 Å². The lowest BCUT2D eigenvalue weighted by Gasteiger charge is -2.37. The zero-order valence-electron chi connectivity index (χ0n) is 23.5. The van der Waals surface area contributed by atoms with E-state index in [0.717, 1.165) is 48.6 Å². The number of benzene rings is 1. The lowest BCUT2D eigenvalue weighted by atomic mass is 9.84. The normalized spacial score (nSPS) is 27.7. The van der Waals surface area contributed by atoms with Gasteiger partial charge in [0.05, 0.1) is 24.2 Å². The predicted molar refractivity (Wildman–Crippen MR) is 158 cm³/mol. The molecule has 5 unspecified atom stereocenters. The first-order valence-electron chi connectivity index (χ1n) is 14.0.